The van der Waals surface area contributed by atoms with Crippen LogP contribution in [-0.2, 0) is 0 Å². The summed E-state index contributed by atoms with van der Waals surface area (Å²) in [5.41, 5.74) is 1.51. The van der Waals surface area contributed by atoms with Crippen molar-refractivity contribution in [2.45, 2.75) is 0 Å². The first kappa shape index (κ1) is 15.1. The highest BCUT2D eigenvalue weighted by Gasteiger charge is 2.01. The molecule has 0 aliphatic rings. The molecule has 2 aromatic rings. The van der Waals surface area contributed by atoms with E-state index in [1.54, 1.807) is 36.4 Å². The van der Waals surface area contributed by atoms with Crippen molar-refractivity contribution in [3.8, 4) is 5.75 Å². The van der Waals surface area contributed by atoms with Gasteiger partial charge in [0.05, 0.1) is 0 Å². The van der Waals surface area contributed by atoms with Gasteiger partial charge >= 0.3 is 0 Å². The molecule has 0 amide bonds. The molecular weight excluding hydrogens is 284 g/mol. The predicted molar refractivity (Wildman–Crippen MR) is 87.0 cm³/mol. The second kappa shape index (κ2) is 7.46. The number of hydrogen-bond acceptors (Lipinski definition) is 2. The summed E-state index contributed by atoms with van der Waals surface area (Å²) in [5.74, 6) is 0.681. The molecule has 0 heterocycles. The monoisotopic (exact) mass is 298 g/mol. The molecule has 2 aromatic carbocycles. The lowest BCUT2D eigenvalue weighted by Gasteiger charge is -2.03. The quantitative estimate of drug-likeness (QED) is 0.435. The highest BCUT2D eigenvalue weighted by atomic mass is 35.5. The number of carbonyl (C=O) groups is 1. The summed E-state index contributed by atoms with van der Waals surface area (Å²) in [5, 5.41) is 0.614. The van der Waals surface area contributed by atoms with Crippen LogP contribution in [0.25, 0.3) is 6.08 Å². The Balaban J connectivity index is 2.08. The summed E-state index contributed by atoms with van der Waals surface area (Å²) in [6, 6.07) is 14.3. The zero-order valence-electron chi connectivity index (χ0n) is 11.5. The van der Waals surface area contributed by atoms with Gasteiger partial charge in [0, 0.05) is 10.6 Å². The molecule has 0 atom stereocenters. The van der Waals surface area contributed by atoms with Crippen LogP contribution in [0.2, 0.25) is 5.02 Å². The van der Waals surface area contributed by atoms with Crippen LogP contribution in [0.15, 0.2) is 67.3 Å². The summed E-state index contributed by atoms with van der Waals surface area (Å²) in [4.78, 5) is 12.0. The number of benzene rings is 2. The number of halogens is 1. The van der Waals surface area contributed by atoms with E-state index in [0.29, 0.717) is 17.2 Å². The Kier molecular flexibility index (Phi) is 5.35. The Labute approximate surface area is 129 Å². The minimum atomic E-state index is -0.0657. The van der Waals surface area contributed by atoms with Crippen LogP contribution in [0.4, 0.5) is 0 Å². The van der Waals surface area contributed by atoms with E-state index in [1.807, 2.05) is 24.3 Å². The summed E-state index contributed by atoms with van der Waals surface area (Å²) < 4.78 is 5.45. The largest absolute Gasteiger partial charge is 0.490 e. The topological polar surface area (TPSA) is 26.3 Å². The van der Waals surface area contributed by atoms with Gasteiger partial charge in [-0.15, -0.1) is 0 Å². The number of hydrogen-bond donors (Lipinski definition) is 0. The van der Waals surface area contributed by atoms with Crippen molar-refractivity contribution in [2.24, 2.45) is 0 Å². The van der Waals surface area contributed by atoms with E-state index >= 15 is 0 Å². The van der Waals surface area contributed by atoms with Crippen LogP contribution in [0, 0.1) is 0 Å². The van der Waals surface area contributed by atoms with E-state index in [-0.39, 0.29) is 5.78 Å². The molecular formula is C18H15ClO2. The maximum Gasteiger partial charge on any atom is 0.185 e. The van der Waals surface area contributed by atoms with Gasteiger partial charge < -0.3 is 4.74 Å². The van der Waals surface area contributed by atoms with Gasteiger partial charge in [0.1, 0.15) is 12.4 Å². The van der Waals surface area contributed by atoms with E-state index in [2.05, 4.69) is 6.58 Å². The van der Waals surface area contributed by atoms with Gasteiger partial charge in [0.2, 0.25) is 0 Å². The Bertz CT molecular complexity index is 657. The Morgan fingerprint density at radius 2 is 1.95 bits per heavy atom. The molecule has 2 rings (SSSR count). The van der Waals surface area contributed by atoms with Crippen LogP contribution in [0.3, 0.4) is 0 Å². The molecule has 2 nitrogen and oxygen atoms in total. The molecule has 0 N–H and O–H groups in total. The van der Waals surface area contributed by atoms with Gasteiger partial charge in [-0.1, -0.05) is 42.5 Å². The zero-order chi connectivity index (χ0) is 15.1. The molecule has 3 heteroatoms. The van der Waals surface area contributed by atoms with E-state index in [0.717, 1.165) is 11.3 Å². The van der Waals surface area contributed by atoms with Crippen LogP contribution >= 0.6 is 11.6 Å². The van der Waals surface area contributed by atoms with Gasteiger partial charge in [-0.25, -0.2) is 0 Å². The van der Waals surface area contributed by atoms with E-state index in [4.69, 9.17) is 16.3 Å². The minimum absolute atomic E-state index is 0.0657. The molecule has 0 bridgehead atoms. The summed E-state index contributed by atoms with van der Waals surface area (Å²) in [6.45, 7) is 4.06. The van der Waals surface area contributed by atoms with Crippen LogP contribution in [0.1, 0.15) is 15.9 Å². The fourth-order valence-electron chi connectivity index (χ4n) is 1.75. The molecule has 0 saturated heterocycles. The Morgan fingerprint density at radius 3 is 2.67 bits per heavy atom. The highest BCUT2D eigenvalue weighted by Crippen LogP contribution is 2.15. The third-order valence-corrected chi connectivity index (χ3v) is 3.03. The molecule has 0 fully saturated rings. The summed E-state index contributed by atoms with van der Waals surface area (Å²) >= 11 is 5.80. The van der Waals surface area contributed by atoms with Crippen LogP contribution in [-0.4, -0.2) is 12.4 Å². The van der Waals surface area contributed by atoms with E-state index in [9.17, 15) is 4.79 Å². The Morgan fingerprint density at radius 1 is 1.19 bits per heavy atom. The predicted octanol–water partition coefficient (Wildman–Crippen LogP) is 4.80. The number of ether oxygens (including phenoxy) is 1. The standard InChI is InChI=1S/C18H15ClO2/c1-2-12-21-17-5-3-4-14(13-17)6-11-18(20)15-7-9-16(19)10-8-15/h2-11,13H,1,12H2. The van der Waals surface area contributed by atoms with Crippen molar-refractivity contribution in [3.05, 3.63) is 83.4 Å². The first-order valence-corrected chi connectivity index (χ1v) is 6.88. The van der Waals surface area contributed by atoms with E-state index in [1.165, 1.54) is 6.08 Å². The molecule has 21 heavy (non-hydrogen) atoms. The van der Waals surface area contributed by atoms with E-state index < -0.39 is 0 Å². The fraction of sp³-hybridized carbons (Fsp3) is 0.0556. The smallest absolute Gasteiger partial charge is 0.185 e. The molecule has 0 saturated carbocycles. The van der Waals surface area contributed by atoms with Crippen molar-refractivity contribution < 1.29 is 9.53 Å². The number of ketones is 1. The van der Waals surface area contributed by atoms with Gasteiger partial charge in [-0.2, -0.15) is 0 Å². The molecule has 0 unspecified atom stereocenters. The van der Waals surface area contributed by atoms with Gasteiger partial charge in [0.15, 0.2) is 5.78 Å². The second-order valence-corrected chi connectivity index (χ2v) is 4.81. The average molecular weight is 299 g/mol. The van der Waals surface area contributed by atoms with Crippen molar-refractivity contribution in [2.75, 3.05) is 6.61 Å². The second-order valence-electron chi connectivity index (χ2n) is 4.38. The molecule has 0 spiro atoms. The summed E-state index contributed by atoms with van der Waals surface area (Å²) in [7, 11) is 0. The highest BCUT2D eigenvalue weighted by molar-refractivity contribution is 6.30. The normalized spacial score (nSPS) is 10.5. The maximum atomic E-state index is 12.0. The van der Waals surface area contributed by atoms with Gasteiger partial charge in [-0.05, 0) is 48.0 Å². The molecule has 0 aliphatic heterocycles. The van der Waals surface area contributed by atoms with Crippen LogP contribution in [0.5, 0.6) is 5.75 Å². The van der Waals surface area contributed by atoms with Crippen molar-refractivity contribution in [1.29, 1.82) is 0 Å². The third kappa shape index (κ3) is 4.62. The molecule has 0 radical (unpaired) electrons. The lowest BCUT2D eigenvalue weighted by Crippen LogP contribution is -1.94. The van der Waals surface area contributed by atoms with Crippen molar-refractivity contribution >= 4 is 23.5 Å². The lowest BCUT2D eigenvalue weighted by molar-refractivity contribution is 0.104. The first-order chi connectivity index (χ1) is 10.2. The van der Waals surface area contributed by atoms with Gasteiger partial charge in [0.25, 0.3) is 0 Å². The summed E-state index contributed by atoms with van der Waals surface area (Å²) in [6.07, 6.45) is 4.99. The lowest BCUT2D eigenvalue weighted by atomic mass is 10.1. The minimum Gasteiger partial charge on any atom is -0.490 e. The number of carbonyl (C=O) groups excluding carboxylic acids is 1. The maximum absolute atomic E-state index is 12.0. The van der Waals surface area contributed by atoms with Crippen LogP contribution < -0.4 is 4.74 Å². The number of allylic oxidation sites excluding steroid dienone is 1. The molecule has 0 aliphatic carbocycles. The average Bonchev–Trinajstić information content (AvgIpc) is 2.52. The molecule has 106 valence electrons. The van der Waals surface area contributed by atoms with Crippen molar-refractivity contribution in [1.82, 2.24) is 0 Å². The Hall–Kier alpha value is -2.32. The van der Waals surface area contributed by atoms with Gasteiger partial charge in [-0.3, -0.25) is 4.79 Å². The SMILES string of the molecule is C=CCOc1cccc(C=CC(=O)c2ccc(Cl)cc2)c1. The molecule has 0 aromatic heterocycles. The third-order valence-electron chi connectivity index (χ3n) is 2.78. The van der Waals surface area contributed by atoms with Crippen molar-refractivity contribution in [3.63, 3.8) is 0 Å². The number of rotatable bonds is 6. The fourth-order valence-corrected chi connectivity index (χ4v) is 1.87. The first-order valence-electron chi connectivity index (χ1n) is 6.51. The zero-order valence-corrected chi connectivity index (χ0v) is 12.2.